The summed E-state index contributed by atoms with van der Waals surface area (Å²) < 4.78 is 4.26. The maximum absolute atomic E-state index is 10.9. The van der Waals surface area contributed by atoms with Gasteiger partial charge in [-0.15, -0.1) is 6.58 Å². The van der Waals surface area contributed by atoms with Crippen LogP contribution in [-0.2, 0) is 14.3 Å². The van der Waals surface area contributed by atoms with Crippen molar-refractivity contribution in [1.82, 2.24) is 0 Å². The van der Waals surface area contributed by atoms with Gasteiger partial charge in [-0.2, -0.15) is 0 Å². The van der Waals surface area contributed by atoms with Crippen LogP contribution in [0.25, 0.3) is 0 Å². The minimum absolute atomic E-state index is 0.319. The molecule has 0 aromatic heterocycles. The molecule has 3 nitrogen and oxygen atoms in total. The van der Waals surface area contributed by atoms with Crippen LogP contribution in [0.5, 0.6) is 0 Å². The maximum atomic E-state index is 10.9. The summed E-state index contributed by atoms with van der Waals surface area (Å²) in [5.74, 6) is -1.59. The van der Waals surface area contributed by atoms with E-state index in [9.17, 15) is 9.59 Å². The number of rotatable bonds is 4. The summed E-state index contributed by atoms with van der Waals surface area (Å²) in [6, 6.07) is 0. The van der Waals surface area contributed by atoms with Crippen molar-refractivity contribution in [2.75, 3.05) is 7.11 Å². The summed E-state index contributed by atoms with van der Waals surface area (Å²) in [4.78, 5) is 21.6. The fraction of sp³-hybridized carbons (Fsp3) is 0.500. The summed E-state index contributed by atoms with van der Waals surface area (Å²) in [5.41, 5.74) is 0. The largest absolute Gasteiger partial charge is 0.463 e. The van der Waals surface area contributed by atoms with Crippen LogP contribution in [0, 0.1) is 5.92 Å². The summed E-state index contributed by atoms with van der Waals surface area (Å²) in [6.07, 6.45) is 2.11. The fourth-order valence-corrected chi connectivity index (χ4v) is 0.659. The molecule has 0 fully saturated rings. The third-order valence-electron chi connectivity index (χ3n) is 1.35. The zero-order chi connectivity index (χ0) is 8.85. The highest BCUT2D eigenvalue weighted by molar-refractivity contribution is 6.34. The van der Waals surface area contributed by atoms with Gasteiger partial charge in [0.1, 0.15) is 0 Å². The van der Waals surface area contributed by atoms with Gasteiger partial charge in [-0.1, -0.05) is 13.0 Å². The number of Topliss-reactive ketones (excluding diaryl/α,β-unsaturated/α-hetero) is 1. The first-order valence-electron chi connectivity index (χ1n) is 3.36. The van der Waals surface area contributed by atoms with Crippen LogP contribution in [0.3, 0.4) is 0 Å². The fourth-order valence-electron chi connectivity index (χ4n) is 0.659. The Morgan fingerprint density at radius 3 is 2.55 bits per heavy atom. The van der Waals surface area contributed by atoms with E-state index >= 15 is 0 Å². The highest BCUT2D eigenvalue weighted by Gasteiger charge is 2.20. The van der Waals surface area contributed by atoms with Crippen LogP contribution in [0.2, 0.25) is 0 Å². The number of hydrogen-bond donors (Lipinski definition) is 0. The van der Waals surface area contributed by atoms with E-state index in [1.165, 1.54) is 7.11 Å². The third-order valence-corrected chi connectivity index (χ3v) is 1.35. The lowest BCUT2D eigenvalue weighted by atomic mass is 10.0. The predicted octanol–water partition coefficient (Wildman–Crippen LogP) is 0.941. The van der Waals surface area contributed by atoms with E-state index in [0.29, 0.717) is 6.42 Å². The van der Waals surface area contributed by atoms with Gasteiger partial charge in [-0.25, -0.2) is 4.79 Å². The second kappa shape index (κ2) is 4.66. The highest BCUT2D eigenvalue weighted by Crippen LogP contribution is 2.04. The zero-order valence-corrected chi connectivity index (χ0v) is 6.79. The summed E-state index contributed by atoms with van der Waals surface area (Å²) in [6.45, 7) is 5.13. The van der Waals surface area contributed by atoms with E-state index in [1.54, 1.807) is 13.0 Å². The molecular weight excluding hydrogens is 144 g/mol. The molecule has 0 N–H and O–H groups in total. The molecule has 0 spiro atoms. The van der Waals surface area contributed by atoms with Crippen LogP contribution >= 0.6 is 0 Å². The van der Waals surface area contributed by atoms with Gasteiger partial charge in [0.25, 0.3) is 0 Å². The standard InChI is InChI=1S/C8H12O3/c1-4-5-6(2)7(9)8(10)11-3/h4,6H,1,5H2,2-3H3/t6-/m0/s1. The number of ether oxygens (including phenoxy) is 1. The molecule has 0 aromatic carbocycles. The van der Waals surface area contributed by atoms with E-state index in [1.807, 2.05) is 0 Å². The monoisotopic (exact) mass is 156 g/mol. The van der Waals surface area contributed by atoms with Gasteiger partial charge in [-0.3, -0.25) is 4.79 Å². The summed E-state index contributed by atoms with van der Waals surface area (Å²) in [7, 11) is 1.20. The highest BCUT2D eigenvalue weighted by atomic mass is 16.5. The molecule has 0 aliphatic rings. The van der Waals surface area contributed by atoms with E-state index in [4.69, 9.17) is 0 Å². The van der Waals surface area contributed by atoms with E-state index < -0.39 is 11.8 Å². The van der Waals surface area contributed by atoms with Crippen LogP contribution in [0.1, 0.15) is 13.3 Å². The number of carbonyl (C=O) groups is 2. The van der Waals surface area contributed by atoms with Crippen molar-refractivity contribution < 1.29 is 14.3 Å². The molecule has 3 heteroatoms. The zero-order valence-electron chi connectivity index (χ0n) is 6.79. The molecule has 0 aliphatic heterocycles. The van der Waals surface area contributed by atoms with Gasteiger partial charge < -0.3 is 4.74 Å². The Balaban J connectivity index is 4.01. The van der Waals surface area contributed by atoms with Crippen molar-refractivity contribution in [2.24, 2.45) is 5.92 Å². The average molecular weight is 156 g/mol. The summed E-state index contributed by atoms with van der Waals surface area (Å²) in [5, 5.41) is 0. The normalized spacial score (nSPS) is 11.8. The van der Waals surface area contributed by atoms with Crippen molar-refractivity contribution in [2.45, 2.75) is 13.3 Å². The third kappa shape index (κ3) is 2.98. The number of methoxy groups -OCH3 is 1. The van der Waals surface area contributed by atoms with Gasteiger partial charge in [0.15, 0.2) is 0 Å². The molecule has 0 saturated carbocycles. The van der Waals surface area contributed by atoms with Gasteiger partial charge in [0, 0.05) is 5.92 Å². The van der Waals surface area contributed by atoms with Crippen molar-refractivity contribution in [3.8, 4) is 0 Å². The van der Waals surface area contributed by atoms with Crippen molar-refractivity contribution in [3.63, 3.8) is 0 Å². The first kappa shape index (κ1) is 9.88. The Morgan fingerprint density at radius 2 is 2.18 bits per heavy atom. The lowest BCUT2D eigenvalue weighted by Gasteiger charge is -2.03. The lowest BCUT2D eigenvalue weighted by molar-refractivity contribution is -0.153. The Kier molecular flexibility index (Phi) is 4.18. The maximum Gasteiger partial charge on any atom is 0.374 e. The molecule has 0 rings (SSSR count). The molecule has 0 unspecified atom stereocenters. The first-order valence-corrected chi connectivity index (χ1v) is 3.36. The van der Waals surface area contributed by atoms with E-state index in [0.717, 1.165) is 0 Å². The number of carbonyl (C=O) groups excluding carboxylic acids is 2. The van der Waals surface area contributed by atoms with Crippen LogP contribution in [0.4, 0.5) is 0 Å². The molecule has 0 saturated heterocycles. The SMILES string of the molecule is C=CC[C@H](C)C(=O)C(=O)OC. The molecule has 0 radical (unpaired) electrons. The molecule has 0 aromatic rings. The Morgan fingerprint density at radius 1 is 1.64 bits per heavy atom. The molecule has 11 heavy (non-hydrogen) atoms. The first-order chi connectivity index (χ1) is 5.13. The number of hydrogen-bond acceptors (Lipinski definition) is 3. The van der Waals surface area contributed by atoms with Crippen LogP contribution < -0.4 is 0 Å². The van der Waals surface area contributed by atoms with Crippen molar-refractivity contribution >= 4 is 11.8 Å². The topological polar surface area (TPSA) is 43.4 Å². The summed E-state index contributed by atoms with van der Waals surface area (Å²) >= 11 is 0. The average Bonchev–Trinajstić information content (AvgIpc) is 2.02. The second-order valence-corrected chi connectivity index (χ2v) is 2.28. The predicted molar refractivity (Wildman–Crippen MR) is 41.0 cm³/mol. The minimum Gasteiger partial charge on any atom is -0.463 e. The molecule has 0 amide bonds. The minimum atomic E-state index is -0.778. The lowest BCUT2D eigenvalue weighted by Crippen LogP contribution is -2.22. The van der Waals surface area contributed by atoms with Crippen LogP contribution in [-0.4, -0.2) is 18.9 Å². The number of esters is 1. The smallest absolute Gasteiger partial charge is 0.374 e. The molecule has 1 atom stereocenters. The Labute approximate surface area is 66.0 Å². The quantitative estimate of drug-likeness (QED) is 0.345. The van der Waals surface area contributed by atoms with Crippen LogP contribution in [0.15, 0.2) is 12.7 Å². The van der Waals surface area contributed by atoms with Gasteiger partial charge in [-0.05, 0) is 6.42 Å². The Bertz CT molecular complexity index is 172. The van der Waals surface area contributed by atoms with E-state index in [2.05, 4.69) is 11.3 Å². The van der Waals surface area contributed by atoms with Crippen molar-refractivity contribution in [3.05, 3.63) is 12.7 Å². The van der Waals surface area contributed by atoms with E-state index in [-0.39, 0.29) is 5.92 Å². The molecule has 0 aliphatic carbocycles. The van der Waals surface area contributed by atoms with Crippen molar-refractivity contribution in [1.29, 1.82) is 0 Å². The molecule has 62 valence electrons. The molecule has 0 heterocycles. The van der Waals surface area contributed by atoms with Gasteiger partial charge in [0.2, 0.25) is 5.78 Å². The Hall–Kier alpha value is -1.12. The molecule has 0 bridgehead atoms. The number of ketones is 1. The van der Waals surface area contributed by atoms with Gasteiger partial charge in [0.05, 0.1) is 7.11 Å². The number of allylic oxidation sites excluding steroid dienone is 1. The second-order valence-electron chi connectivity index (χ2n) is 2.28. The molecular formula is C8H12O3. The van der Waals surface area contributed by atoms with Gasteiger partial charge >= 0.3 is 5.97 Å².